The first kappa shape index (κ1) is 14.6. The predicted octanol–water partition coefficient (Wildman–Crippen LogP) is 1.48. The lowest BCUT2D eigenvalue weighted by molar-refractivity contribution is -0.778. The van der Waals surface area contributed by atoms with Gasteiger partial charge in [-0.3, -0.25) is 0 Å². The van der Waals surface area contributed by atoms with Gasteiger partial charge in [0.05, 0.1) is 6.20 Å². The van der Waals surface area contributed by atoms with Crippen molar-refractivity contribution in [2.45, 2.75) is 26.2 Å². The van der Waals surface area contributed by atoms with E-state index < -0.39 is 5.97 Å². The molecule has 1 heterocycles. The number of hydrogen-bond acceptors (Lipinski definition) is 3. The number of hydrogen-bond donors (Lipinski definition) is 2. The molecule has 0 aromatic rings. The summed E-state index contributed by atoms with van der Waals surface area (Å²) >= 11 is 0. The van der Waals surface area contributed by atoms with Crippen molar-refractivity contribution in [2.24, 2.45) is 10.7 Å². The lowest BCUT2D eigenvalue weighted by Gasteiger charge is -2.30. The van der Waals surface area contributed by atoms with Crippen LogP contribution in [-0.2, 0) is 4.79 Å². The van der Waals surface area contributed by atoms with E-state index in [9.17, 15) is 4.79 Å². The maximum Gasteiger partial charge on any atom is 0.360 e. The number of nitrogens with two attached hydrogens (primary N) is 1. The van der Waals surface area contributed by atoms with E-state index in [2.05, 4.69) is 11.1 Å². The van der Waals surface area contributed by atoms with Gasteiger partial charge >= 0.3 is 5.97 Å². The summed E-state index contributed by atoms with van der Waals surface area (Å²) in [7, 11) is 0. The minimum absolute atomic E-state index is 0.0240. The van der Waals surface area contributed by atoms with Gasteiger partial charge in [0.1, 0.15) is 12.7 Å². The van der Waals surface area contributed by atoms with E-state index in [1.165, 1.54) is 0 Å². The Balaban J connectivity index is 2.67. The molecule has 1 aliphatic heterocycles. The molecule has 0 radical (unpaired) electrons. The second-order valence-electron chi connectivity index (χ2n) is 4.40. The average molecular weight is 252 g/mol. The van der Waals surface area contributed by atoms with Gasteiger partial charge in [0, 0.05) is 13.0 Å². The number of rotatable bonds is 8. The molecule has 5 heteroatoms. The molecule has 3 N–H and O–H groups in total. The van der Waals surface area contributed by atoms with Crippen molar-refractivity contribution in [3.05, 3.63) is 24.6 Å². The fourth-order valence-corrected chi connectivity index (χ4v) is 2.18. The van der Waals surface area contributed by atoms with Crippen LogP contribution in [0, 0.1) is 0 Å². The van der Waals surface area contributed by atoms with Crippen molar-refractivity contribution in [2.75, 3.05) is 19.6 Å². The van der Waals surface area contributed by atoms with Crippen LogP contribution in [-0.4, -0.2) is 41.0 Å². The number of carboxylic acid groups (broad SMARTS) is 1. The van der Waals surface area contributed by atoms with Crippen LogP contribution >= 0.6 is 0 Å². The van der Waals surface area contributed by atoms with Crippen molar-refractivity contribution < 1.29 is 14.4 Å². The van der Waals surface area contributed by atoms with Crippen molar-refractivity contribution in [1.82, 2.24) is 0 Å². The quantitative estimate of drug-likeness (QED) is 0.390. The molecule has 0 aromatic heterocycles. The number of nitrogens with zero attached hydrogens (tertiary/aromatic N) is 2. The van der Waals surface area contributed by atoms with Crippen LogP contribution in [0.15, 0.2) is 29.5 Å². The van der Waals surface area contributed by atoms with E-state index in [1.807, 2.05) is 19.2 Å². The van der Waals surface area contributed by atoms with Crippen molar-refractivity contribution in [1.29, 1.82) is 0 Å². The van der Waals surface area contributed by atoms with E-state index in [0.29, 0.717) is 13.1 Å². The minimum atomic E-state index is -0.823. The van der Waals surface area contributed by atoms with E-state index in [0.717, 1.165) is 25.1 Å². The number of amidine groups is 1. The molecule has 0 aliphatic carbocycles. The Kier molecular flexibility index (Phi) is 5.74. The van der Waals surface area contributed by atoms with Gasteiger partial charge < -0.3 is 10.8 Å². The molecule has 0 saturated heterocycles. The number of allylic oxidation sites excluding steroid dienone is 2. The summed E-state index contributed by atoms with van der Waals surface area (Å²) < 4.78 is 0.279. The average Bonchev–Trinajstić information content (AvgIpc) is 2.67. The summed E-state index contributed by atoms with van der Waals surface area (Å²) in [5.41, 5.74) is 5.60. The second kappa shape index (κ2) is 7.08. The van der Waals surface area contributed by atoms with Crippen LogP contribution < -0.4 is 5.73 Å². The van der Waals surface area contributed by atoms with Gasteiger partial charge in [-0.1, -0.05) is 12.2 Å². The van der Waals surface area contributed by atoms with Crippen LogP contribution in [0.4, 0.5) is 0 Å². The molecular formula is C13H22N3O2+. The van der Waals surface area contributed by atoms with E-state index >= 15 is 0 Å². The molecule has 0 bridgehead atoms. The first-order valence-electron chi connectivity index (χ1n) is 6.29. The molecule has 18 heavy (non-hydrogen) atoms. The van der Waals surface area contributed by atoms with Crippen molar-refractivity contribution >= 4 is 11.8 Å². The third kappa shape index (κ3) is 3.78. The first-order valence-corrected chi connectivity index (χ1v) is 6.29. The second-order valence-corrected chi connectivity index (χ2v) is 4.40. The summed E-state index contributed by atoms with van der Waals surface area (Å²) in [6, 6.07) is 0. The Morgan fingerprint density at radius 2 is 2.39 bits per heavy atom. The van der Waals surface area contributed by atoms with Crippen molar-refractivity contribution in [3.63, 3.8) is 0 Å². The number of unbranched alkanes of at least 4 members (excludes halogenated alkanes) is 1. The molecule has 5 nitrogen and oxygen atoms in total. The van der Waals surface area contributed by atoms with E-state index in [4.69, 9.17) is 10.8 Å². The van der Waals surface area contributed by atoms with Gasteiger partial charge in [-0.2, -0.15) is 0 Å². The van der Waals surface area contributed by atoms with Crippen LogP contribution in [0.1, 0.15) is 26.2 Å². The molecule has 0 spiro atoms. The predicted molar refractivity (Wildman–Crippen MR) is 71.9 cm³/mol. The molecule has 1 unspecified atom stereocenters. The number of aliphatic imine (C=N–C) groups is 1. The molecule has 0 amide bonds. The number of quaternary nitrogens is 1. The Hall–Kier alpha value is -1.46. The molecule has 0 fully saturated rings. The number of aliphatic carboxylic acids is 1. The van der Waals surface area contributed by atoms with Gasteiger partial charge in [0.15, 0.2) is 6.54 Å². The third-order valence-electron chi connectivity index (χ3n) is 3.04. The van der Waals surface area contributed by atoms with E-state index in [-0.39, 0.29) is 11.0 Å². The van der Waals surface area contributed by atoms with Crippen LogP contribution in [0.5, 0.6) is 0 Å². The summed E-state index contributed by atoms with van der Waals surface area (Å²) in [6.07, 6.45) is 10.5. The summed E-state index contributed by atoms with van der Waals surface area (Å²) in [6.45, 7) is 3.06. The number of carbonyl (C=O) groups is 1. The zero-order valence-electron chi connectivity index (χ0n) is 10.9. The van der Waals surface area contributed by atoms with Crippen LogP contribution in [0.2, 0.25) is 0 Å². The van der Waals surface area contributed by atoms with Crippen LogP contribution in [0.3, 0.4) is 0 Å². The maximum atomic E-state index is 11.0. The highest BCUT2D eigenvalue weighted by atomic mass is 16.4. The molecule has 1 rings (SSSR count). The minimum Gasteiger partial charge on any atom is -0.477 e. The highest BCUT2D eigenvalue weighted by Gasteiger charge is 2.36. The molecular weight excluding hydrogens is 230 g/mol. The van der Waals surface area contributed by atoms with Gasteiger partial charge in [-0.05, 0) is 19.8 Å². The monoisotopic (exact) mass is 252 g/mol. The van der Waals surface area contributed by atoms with Gasteiger partial charge in [-0.15, -0.1) is 0 Å². The SMILES string of the molecule is C/C=C/CCCC1=NC=C[N+]1(CCN)CC(=O)O. The molecule has 0 aromatic carbocycles. The fraction of sp³-hybridized carbons (Fsp3) is 0.538. The first-order chi connectivity index (χ1) is 8.64. The molecule has 1 atom stereocenters. The molecule has 0 saturated carbocycles. The zero-order valence-corrected chi connectivity index (χ0v) is 10.9. The lowest BCUT2D eigenvalue weighted by atomic mass is 10.2. The highest BCUT2D eigenvalue weighted by molar-refractivity contribution is 5.81. The summed E-state index contributed by atoms with van der Waals surface area (Å²) in [4.78, 5) is 15.3. The van der Waals surface area contributed by atoms with Crippen LogP contribution in [0.25, 0.3) is 0 Å². The van der Waals surface area contributed by atoms with Crippen molar-refractivity contribution in [3.8, 4) is 0 Å². The summed E-state index contributed by atoms with van der Waals surface area (Å²) in [5.74, 6) is 0.0866. The standard InChI is InChI=1S/C13H21N3O2/c1-2-3-4-5-6-12-15-8-10-16(12,9-7-14)11-13(17)18/h2-3,8,10H,4-7,9,11,14H2,1H3/p+1/b3-2+. The largest absolute Gasteiger partial charge is 0.477 e. The van der Waals surface area contributed by atoms with Gasteiger partial charge in [-0.25, -0.2) is 14.3 Å². The smallest absolute Gasteiger partial charge is 0.360 e. The van der Waals surface area contributed by atoms with Gasteiger partial charge in [0.25, 0.3) is 0 Å². The molecule has 100 valence electrons. The maximum absolute atomic E-state index is 11.0. The van der Waals surface area contributed by atoms with Gasteiger partial charge in [0.2, 0.25) is 5.84 Å². The Morgan fingerprint density at radius 3 is 3.00 bits per heavy atom. The summed E-state index contributed by atoms with van der Waals surface area (Å²) in [5, 5.41) is 9.04. The lowest BCUT2D eigenvalue weighted by Crippen LogP contribution is -2.52. The molecule has 1 aliphatic rings. The Labute approximate surface area is 108 Å². The number of carboxylic acids is 1. The van der Waals surface area contributed by atoms with E-state index in [1.54, 1.807) is 6.20 Å². The fourth-order valence-electron chi connectivity index (χ4n) is 2.18. The normalized spacial score (nSPS) is 22.7. The Bertz CT molecular complexity index is 374. The Morgan fingerprint density at radius 1 is 1.61 bits per heavy atom. The third-order valence-corrected chi connectivity index (χ3v) is 3.04. The highest BCUT2D eigenvalue weighted by Crippen LogP contribution is 2.20. The topological polar surface area (TPSA) is 75.7 Å². The zero-order chi connectivity index (χ0) is 13.4.